The summed E-state index contributed by atoms with van der Waals surface area (Å²) in [7, 11) is 0. The molecule has 288 valence electrons. The molecule has 0 saturated carbocycles. The predicted molar refractivity (Wildman–Crippen MR) is 254 cm³/mol. The molecule has 2 aliphatic rings. The van der Waals surface area contributed by atoms with Crippen molar-refractivity contribution in [3.8, 4) is 78.7 Å². The van der Waals surface area contributed by atoms with E-state index in [0.29, 0.717) is 11.6 Å². The highest BCUT2D eigenvalue weighted by atomic mass is 32.1. The molecular weight excluding hydrogens is 773 g/mol. The van der Waals surface area contributed by atoms with Crippen molar-refractivity contribution in [3.05, 3.63) is 229 Å². The minimum Gasteiger partial charge on any atom is -0.236 e. The quantitative estimate of drug-likeness (QED) is 0.178. The van der Waals surface area contributed by atoms with Crippen LogP contribution in [0.2, 0.25) is 0 Å². The van der Waals surface area contributed by atoms with Gasteiger partial charge in [0.2, 0.25) is 0 Å². The predicted octanol–water partition coefficient (Wildman–Crippen LogP) is 14.3. The summed E-state index contributed by atoms with van der Waals surface area (Å²) in [4.78, 5) is 20.3. The summed E-state index contributed by atoms with van der Waals surface area (Å²) < 4.78 is 2.59. The maximum atomic E-state index is 5.34. The lowest BCUT2D eigenvalue weighted by atomic mass is 9.65. The van der Waals surface area contributed by atoms with E-state index in [2.05, 4.69) is 158 Å². The first kappa shape index (κ1) is 34.9. The van der Waals surface area contributed by atoms with Crippen LogP contribution < -0.4 is 0 Å². The molecule has 0 bridgehead atoms. The normalized spacial score (nSPS) is 14.5. The van der Waals surface area contributed by atoms with Gasteiger partial charge in [-0.15, -0.1) is 11.3 Å². The minimum absolute atomic E-state index is 0.642. The van der Waals surface area contributed by atoms with Crippen molar-refractivity contribution < 1.29 is 0 Å². The van der Waals surface area contributed by atoms with Crippen molar-refractivity contribution in [2.24, 2.45) is 0 Å². The van der Waals surface area contributed by atoms with Gasteiger partial charge >= 0.3 is 0 Å². The van der Waals surface area contributed by atoms with E-state index < -0.39 is 5.41 Å². The van der Waals surface area contributed by atoms with E-state index in [0.717, 1.165) is 33.6 Å². The molecule has 13 rings (SSSR count). The van der Waals surface area contributed by atoms with Gasteiger partial charge in [0, 0.05) is 54.8 Å². The standard InChI is InChI=1S/C57H34N4S/c1-3-15-35(16-4-1)51-32-52(38-33-58-55(59-34-38)36-17-5-2-6-18-36)61-56(60-51)37-27-28-43-40-20-8-7-19-39(40)41-21-9-12-24-47(41)57(49(43)29-37)48-25-13-10-22-42(48)45-30-46-44-23-11-14-26-53(44)62-54(46)31-50(45)57/h1-34H. The number of rotatable bonds is 4. The summed E-state index contributed by atoms with van der Waals surface area (Å²) in [5.41, 5.74) is 17.2. The molecule has 1 unspecified atom stereocenters. The van der Waals surface area contributed by atoms with Crippen LogP contribution in [0.3, 0.4) is 0 Å². The fourth-order valence-electron chi connectivity index (χ4n) is 10.1. The average Bonchev–Trinajstić information content (AvgIpc) is 3.82. The highest BCUT2D eigenvalue weighted by molar-refractivity contribution is 7.25. The van der Waals surface area contributed by atoms with Gasteiger partial charge in [-0.1, -0.05) is 164 Å². The van der Waals surface area contributed by atoms with Gasteiger partial charge in [0.1, 0.15) is 0 Å². The van der Waals surface area contributed by atoms with Crippen LogP contribution in [0, 0.1) is 0 Å². The molecule has 4 nitrogen and oxygen atoms in total. The molecule has 3 heterocycles. The minimum atomic E-state index is -0.655. The third-order valence-electron chi connectivity index (χ3n) is 12.8. The zero-order valence-electron chi connectivity index (χ0n) is 33.3. The largest absolute Gasteiger partial charge is 0.236 e. The van der Waals surface area contributed by atoms with Gasteiger partial charge in [0.15, 0.2) is 11.6 Å². The van der Waals surface area contributed by atoms with E-state index >= 15 is 0 Å². The Morgan fingerprint density at radius 1 is 0.323 bits per heavy atom. The molecule has 2 aliphatic carbocycles. The topological polar surface area (TPSA) is 51.6 Å². The highest BCUT2D eigenvalue weighted by Crippen LogP contribution is 2.62. The number of fused-ring (bicyclic) bond motifs is 15. The summed E-state index contributed by atoms with van der Waals surface area (Å²) in [6, 6.07) is 70.2. The van der Waals surface area contributed by atoms with Gasteiger partial charge in [-0.3, -0.25) is 0 Å². The van der Waals surface area contributed by atoms with Crippen molar-refractivity contribution in [2.45, 2.75) is 5.41 Å². The molecule has 3 aromatic heterocycles. The average molecular weight is 807 g/mol. The zero-order chi connectivity index (χ0) is 40.8. The summed E-state index contributed by atoms with van der Waals surface area (Å²) in [6.07, 6.45) is 3.74. The van der Waals surface area contributed by atoms with Crippen molar-refractivity contribution >= 4 is 31.5 Å². The van der Waals surface area contributed by atoms with Crippen LogP contribution in [0.15, 0.2) is 207 Å². The lowest BCUT2D eigenvalue weighted by Crippen LogP contribution is -2.29. The van der Waals surface area contributed by atoms with Crippen molar-refractivity contribution in [1.29, 1.82) is 0 Å². The third-order valence-corrected chi connectivity index (χ3v) is 14.0. The number of nitrogens with zero attached hydrogens (tertiary/aromatic N) is 4. The van der Waals surface area contributed by atoms with E-state index in [1.807, 2.05) is 60.1 Å². The smallest absolute Gasteiger partial charge is 0.160 e. The Balaban J connectivity index is 1.10. The van der Waals surface area contributed by atoms with Gasteiger partial charge in [-0.2, -0.15) is 0 Å². The van der Waals surface area contributed by atoms with Crippen molar-refractivity contribution in [1.82, 2.24) is 19.9 Å². The summed E-state index contributed by atoms with van der Waals surface area (Å²) in [5.74, 6) is 1.32. The first-order valence-electron chi connectivity index (χ1n) is 20.9. The summed E-state index contributed by atoms with van der Waals surface area (Å²) in [6.45, 7) is 0. The van der Waals surface area contributed by atoms with E-state index in [-0.39, 0.29) is 0 Å². The fraction of sp³-hybridized carbons (Fsp3) is 0.0175. The Morgan fingerprint density at radius 3 is 1.58 bits per heavy atom. The van der Waals surface area contributed by atoms with Crippen LogP contribution in [0.25, 0.3) is 98.8 Å². The van der Waals surface area contributed by atoms with E-state index in [1.54, 1.807) is 0 Å². The second-order valence-corrected chi connectivity index (χ2v) is 17.2. The first-order valence-corrected chi connectivity index (χ1v) is 21.8. The van der Waals surface area contributed by atoms with Crippen molar-refractivity contribution in [2.75, 3.05) is 0 Å². The molecule has 0 saturated heterocycles. The van der Waals surface area contributed by atoms with Crippen molar-refractivity contribution in [3.63, 3.8) is 0 Å². The molecule has 5 heteroatoms. The van der Waals surface area contributed by atoms with E-state index in [4.69, 9.17) is 19.9 Å². The van der Waals surface area contributed by atoms with Crippen LogP contribution in [0.1, 0.15) is 22.3 Å². The Morgan fingerprint density at radius 2 is 0.871 bits per heavy atom. The van der Waals surface area contributed by atoms with Crippen LogP contribution in [0.4, 0.5) is 0 Å². The maximum absolute atomic E-state index is 5.34. The lowest BCUT2D eigenvalue weighted by molar-refractivity contribution is 0.777. The molecule has 8 aromatic carbocycles. The highest BCUT2D eigenvalue weighted by Gasteiger charge is 2.50. The second kappa shape index (κ2) is 13.6. The van der Waals surface area contributed by atoms with E-state index in [9.17, 15) is 0 Å². The molecule has 1 spiro atoms. The summed E-state index contributed by atoms with van der Waals surface area (Å²) >= 11 is 1.88. The number of hydrogen-bond donors (Lipinski definition) is 0. The van der Waals surface area contributed by atoms with Gasteiger partial charge in [0.05, 0.1) is 16.8 Å². The van der Waals surface area contributed by atoms with Gasteiger partial charge < -0.3 is 0 Å². The Hall–Kier alpha value is -7.86. The van der Waals surface area contributed by atoms with E-state index in [1.165, 1.54) is 75.8 Å². The molecule has 1 atom stereocenters. The molecule has 0 aliphatic heterocycles. The fourth-order valence-corrected chi connectivity index (χ4v) is 11.3. The summed E-state index contributed by atoms with van der Waals surface area (Å²) in [5, 5.41) is 2.60. The second-order valence-electron chi connectivity index (χ2n) is 16.1. The van der Waals surface area contributed by atoms with Crippen LogP contribution in [-0.2, 0) is 5.41 Å². The molecule has 0 radical (unpaired) electrons. The van der Waals surface area contributed by atoms with Crippen LogP contribution >= 0.6 is 11.3 Å². The number of benzene rings is 8. The monoisotopic (exact) mass is 806 g/mol. The molecule has 0 N–H and O–H groups in total. The molecule has 62 heavy (non-hydrogen) atoms. The van der Waals surface area contributed by atoms with Gasteiger partial charge in [-0.25, -0.2) is 19.9 Å². The zero-order valence-corrected chi connectivity index (χ0v) is 34.1. The van der Waals surface area contributed by atoms with Crippen LogP contribution in [0.5, 0.6) is 0 Å². The Kier molecular flexibility index (Phi) is 7.66. The Labute approximate surface area is 362 Å². The number of aromatic nitrogens is 4. The third kappa shape index (κ3) is 5.12. The first-order chi connectivity index (χ1) is 30.7. The lowest BCUT2D eigenvalue weighted by Gasteiger charge is -2.35. The molecule has 11 aromatic rings. The van der Waals surface area contributed by atoms with Gasteiger partial charge in [-0.05, 0) is 86.0 Å². The van der Waals surface area contributed by atoms with Gasteiger partial charge in [0.25, 0.3) is 0 Å². The molecule has 0 amide bonds. The Bertz CT molecular complexity index is 3580. The molecular formula is C57H34N4S. The van der Waals surface area contributed by atoms with Crippen LogP contribution in [-0.4, -0.2) is 19.9 Å². The molecule has 0 fully saturated rings. The SMILES string of the molecule is c1ccc(-c2cc(-c3cnc(-c4ccccc4)nc3)nc(-c3ccc4c(c3)C3(c5ccccc5-c5ccccc5-4)c4ccccc4-c4cc5c(cc43)sc3ccccc35)n2)cc1. The maximum Gasteiger partial charge on any atom is 0.160 e. The number of thiophene rings is 1. The number of hydrogen-bond acceptors (Lipinski definition) is 5.